The summed E-state index contributed by atoms with van der Waals surface area (Å²) in [5.41, 5.74) is 7.66. The summed E-state index contributed by atoms with van der Waals surface area (Å²) in [5, 5.41) is 0. The topological polar surface area (TPSA) is 85.8 Å². The number of nitrogens with zero attached hydrogens (tertiary/aromatic N) is 4. The number of benzene rings is 2. The van der Waals surface area contributed by atoms with Gasteiger partial charge in [-0.15, -0.1) is 0 Å². The molecule has 2 aromatic heterocycles. The highest BCUT2D eigenvalue weighted by Gasteiger charge is 2.39. The van der Waals surface area contributed by atoms with Crippen molar-refractivity contribution in [3.63, 3.8) is 0 Å². The Morgan fingerprint density at radius 2 is 1.97 bits per heavy atom. The van der Waals surface area contributed by atoms with Crippen molar-refractivity contribution in [3.05, 3.63) is 71.2 Å². The lowest BCUT2D eigenvalue weighted by Gasteiger charge is -2.41. The molecule has 176 valence electrons. The number of hydrogen-bond donors (Lipinski definition) is 1. The van der Waals surface area contributed by atoms with E-state index in [-0.39, 0.29) is 12.5 Å². The van der Waals surface area contributed by atoms with Gasteiger partial charge in [0.2, 0.25) is 0 Å². The highest BCUT2D eigenvalue weighted by Crippen LogP contribution is 2.42. The number of rotatable bonds is 2. The zero-order valence-corrected chi connectivity index (χ0v) is 18.7. The largest absolute Gasteiger partial charge is 0.416 e. The van der Waals surface area contributed by atoms with E-state index in [4.69, 9.17) is 10.5 Å². The van der Waals surface area contributed by atoms with Crippen molar-refractivity contribution in [1.82, 2.24) is 19.3 Å². The van der Waals surface area contributed by atoms with Gasteiger partial charge in [0, 0.05) is 12.6 Å². The Kier molecular flexibility index (Phi) is 4.84. The molecule has 1 aliphatic heterocycles. The Morgan fingerprint density at radius 1 is 1.21 bits per heavy atom. The maximum absolute atomic E-state index is 13.4. The molecule has 7 nitrogen and oxygen atoms in total. The SMILES string of the molecule is CN(C(=O)c1ccc2nc(N)c3cncn3c2c1)[C@@H]1COC(C)(C)c2cc(C(F)(F)F)ccc21. The molecule has 0 spiro atoms. The van der Waals surface area contributed by atoms with Crippen LogP contribution < -0.4 is 5.73 Å². The Balaban J connectivity index is 1.54. The minimum atomic E-state index is -4.47. The van der Waals surface area contributed by atoms with Gasteiger partial charge >= 0.3 is 6.18 Å². The fourth-order valence-electron chi connectivity index (χ4n) is 4.47. The van der Waals surface area contributed by atoms with Gasteiger partial charge in [0.15, 0.2) is 0 Å². The smallest absolute Gasteiger partial charge is 0.382 e. The first-order valence-electron chi connectivity index (χ1n) is 10.6. The molecule has 1 aliphatic rings. The zero-order chi connectivity index (χ0) is 24.4. The van der Waals surface area contributed by atoms with Gasteiger partial charge in [0.25, 0.3) is 5.91 Å². The molecule has 34 heavy (non-hydrogen) atoms. The summed E-state index contributed by atoms with van der Waals surface area (Å²) in [6.45, 7) is 3.61. The van der Waals surface area contributed by atoms with Gasteiger partial charge in [0.05, 0.1) is 47.4 Å². The van der Waals surface area contributed by atoms with Crippen LogP contribution in [-0.4, -0.2) is 38.8 Å². The number of amides is 1. The molecule has 0 saturated heterocycles. The summed E-state index contributed by atoms with van der Waals surface area (Å²) in [7, 11) is 1.62. The normalized spacial score (nSPS) is 17.6. The van der Waals surface area contributed by atoms with Crippen LogP contribution in [0.3, 0.4) is 0 Å². The third kappa shape index (κ3) is 3.45. The van der Waals surface area contributed by atoms with Crippen molar-refractivity contribution in [3.8, 4) is 0 Å². The minimum Gasteiger partial charge on any atom is -0.382 e. The number of nitrogens with two attached hydrogens (primary N) is 1. The number of fused-ring (bicyclic) bond motifs is 4. The fourth-order valence-corrected chi connectivity index (χ4v) is 4.47. The van der Waals surface area contributed by atoms with Crippen LogP contribution in [0.25, 0.3) is 16.6 Å². The van der Waals surface area contributed by atoms with Crippen LogP contribution in [0.1, 0.15) is 46.9 Å². The third-order valence-electron chi connectivity index (χ3n) is 6.40. The van der Waals surface area contributed by atoms with Gasteiger partial charge in [-0.3, -0.25) is 9.20 Å². The van der Waals surface area contributed by atoms with Gasteiger partial charge in [-0.05, 0) is 55.3 Å². The molecule has 5 rings (SSSR count). The molecule has 1 atom stereocenters. The van der Waals surface area contributed by atoms with E-state index in [0.29, 0.717) is 39.1 Å². The van der Waals surface area contributed by atoms with Crippen LogP contribution >= 0.6 is 0 Å². The van der Waals surface area contributed by atoms with Crippen molar-refractivity contribution in [2.75, 3.05) is 19.4 Å². The van der Waals surface area contributed by atoms with E-state index in [1.807, 2.05) is 0 Å². The van der Waals surface area contributed by atoms with Crippen LogP contribution in [0.4, 0.5) is 19.0 Å². The number of likely N-dealkylation sites (N-methyl/N-ethyl adjacent to an activating group) is 1. The second-order valence-corrected chi connectivity index (χ2v) is 8.90. The summed E-state index contributed by atoms with van der Waals surface area (Å²) in [5.74, 6) is 0.0316. The lowest BCUT2D eigenvalue weighted by molar-refractivity contribution is -0.138. The first kappa shape index (κ1) is 22.1. The highest BCUT2D eigenvalue weighted by atomic mass is 19.4. The molecule has 10 heteroatoms. The summed E-state index contributed by atoms with van der Waals surface area (Å²) < 4.78 is 47.7. The highest BCUT2D eigenvalue weighted by molar-refractivity contribution is 5.98. The molecule has 0 radical (unpaired) electrons. The second kappa shape index (κ2) is 7.42. The molecule has 0 aliphatic carbocycles. The quantitative estimate of drug-likeness (QED) is 0.465. The molecular weight excluding hydrogens is 447 g/mol. The van der Waals surface area contributed by atoms with Crippen LogP contribution in [0.15, 0.2) is 48.9 Å². The Labute approximate surface area is 193 Å². The van der Waals surface area contributed by atoms with Crippen molar-refractivity contribution in [2.45, 2.75) is 31.7 Å². The van der Waals surface area contributed by atoms with Gasteiger partial charge in [-0.2, -0.15) is 13.2 Å². The predicted molar refractivity (Wildman–Crippen MR) is 120 cm³/mol. The monoisotopic (exact) mass is 469 g/mol. The lowest BCUT2D eigenvalue weighted by atomic mass is 9.85. The van der Waals surface area contributed by atoms with E-state index in [1.54, 1.807) is 56.0 Å². The van der Waals surface area contributed by atoms with Gasteiger partial charge < -0.3 is 15.4 Å². The van der Waals surface area contributed by atoms with Crippen molar-refractivity contribution in [2.24, 2.45) is 0 Å². The summed E-state index contributed by atoms with van der Waals surface area (Å²) in [6.07, 6.45) is -1.28. The van der Waals surface area contributed by atoms with E-state index in [0.717, 1.165) is 12.1 Å². The second-order valence-electron chi connectivity index (χ2n) is 8.90. The van der Waals surface area contributed by atoms with E-state index in [9.17, 15) is 18.0 Å². The number of halogens is 3. The van der Waals surface area contributed by atoms with Crippen molar-refractivity contribution >= 4 is 28.3 Å². The van der Waals surface area contributed by atoms with Gasteiger partial charge in [0.1, 0.15) is 11.3 Å². The van der Waals surface area contributed by atoms with Gasteiger partial charge in [-0.1, -0.05) is 6.07 Å². The Morgan fingerprint density at radius 3 is 2.71 bits per heavy atom. The molecule has 4 aromatic rings. The number of imidazole rings is 1. The van der Waals surface area contributed by atoms with E-state index in [2.05, 4.69) is 9.97 Å². The van der Waals surface area contributed by atoms with Gasteiger partial charge in [-0.25, -0.2) is 9.97 Å². The van der Waals surface area contributed by atoms with Crippen LogP contribution in [0.2, 0.25) is 0 Å². The number of hydrogen-bond acceptors (Lipinski definition) is 5. The molecule has 0 bridgehead atoms. The Bertz CT molecular complexity index is 1440. The summed E-state index contributed by atoms with van der Waals surface area (Å²) in [4.78, 5) is 23.4. The zero-order valence-electron chi connectivity index (χ0n) is 18.7. The minimum absolute atomic E-state index is 0.158. The molecule has 3 heterocycles. The first-order valence-corrected chi connectivity index (χ1v) is 10.6. The molecule has 1 amide bonds. The third-order valence-corrected chi connectivity index (χ3v) is 6.40. The molecule has 2 N–H and O–H groups in total. The standard InChI is InChI=1S/C24H22F3N5O2/c1-23(2)16-9-14(24(25,26)27)5-6-15(16)20(11-34-23)31(3)22(33)13-4-7-17-18(8-13)32-12-29-10-19(32)21(28)30-17/h4-10,12,20H,11H2,1-3H3,(H2,28,30)/t20-/m1/s1. The number of anilines is 1. The van der Waals surface area contributed by atoms with E-state index >= 15 is 0 Å². The van der Waals surface area contributed by atoms with Crippen molar-refractivity contribution in [1.29, 1.82) is 0 Å². The van der Waals surface area contributed by atoms with Crippen LogP contribution in [-0.2, 0) is 16.5 Å². The van der Waals surface area contributed by atoms with E-state index in [1.165, 1.54) is 11.0 Å². The Hall–Kier alpha value is -3.66. The summed E-state index contributed by atoms with van der Waals surface area (Å²) in [6, 6.07) is 8.12. The molecule has 0 saturated carbocycles. The number of alkyl halides is 3. The fraction of sp³-hybridized carbons (Fsp3) is 0.292. The number of aromatic nitrogens is 3. The van der Waals surface area contributed by atoms with Crippen molar-refractivity contribution < 1.29 is 22.7 Å². The molecular formula is C24H22F3N5O2. The first-order chi connectivity index (χ1) is 16.0. The molecule has 0 unspecified atom stereocenters. The number of carbonyl (C=O) groups is 1. The average Bonchev–Trinajstić information content (AvgIpc) is 3.28. The average molecular weight is 469 g/mol. The van der Waals surface area contributed by atoms with Crippen LogP contribution in [0, 0.1) is 0 Å². The van der Waals surface area contributed by atoms with Crippen LogP contribution in [0.5, 0.6) is 0 Å². The van der Waals surface area contributed by atoms with E-state index < -0.39 is 23.4 Å². The summed E-state index contributed by atoms with van der Waals surface area (Å²) >= 11 is 0. The molecule has 2 aromatic carbocycles. The number of nitrogen functional groups attached to an aromatic ring is 1. The molecule has 0 fully saturated rings. The maximum atomic E-state index is 13.4. The number of ether oxygens (including phenoxy) is 1. The maximum Gasteiger partial charge on any atom is 0.416 e. The lowest BCUT2D eigenvalue weighted by Crippen LogP contribution is -2.41. The predicted octanol–water partition coefficient (Wildman–Crippen LogP) is 4.56. The number of carbonyl (C=O) groups excluding carboxylic acids is 1.